The molecule has 0 radical (unpaired) electrons. The average molecular weight is 335 g/mol. The molecular formula is C19H21N5O. The van der Waals surface area contributed by atoms with Crippen molar-refractivity contribution in [1.82, 2.24) is 19.7 Å². The zero-order valence-electron chi connectivity index (χ0n) is 14.7. The second-order valence-electron chi connectivity index (χ2n) is 6.57. The van der Waals surface area contributed by atoms with Crippen LogP contribution in [0.5, 0.6) is 0 Å². The molecule has 0 atom stereocenters. The van der Waals surface area contributed by atoms with E-state index in [0.29, 0.717) is 17.8 Å². The number of hydrogen-bond acceptors (Lipinski definition) is 4. The van der Waals surface area contributed by atoms with Crippen LogP contribution in [0.2, 0.25) is 0 Å². The summed E-state index contributed by atoms with van der Waals surface area (Å²) in [6.45, 7) is 5.28. The molecule has 0 unspecified atom stereocenters. The second-order valence-corrected chi connectivity index (χ2v) is 6.57. The Morgan fingerprint density at radius 1 is 1.32 bits per heavy atom. The van der Waals surface area contributed by atoms with Gasteiger partial charge in [0.05, 0.1) is 40.4 Å². The molecule has 128 valence electrons. The smallest absolute Gasteiger partial charge is 0.258 e. The van der Waals surface area contributed by atoms with Crippen molar-refractivity contribution in [2.24, 2.45) is 7.05 Å². The van der Waals surface area contributed by atoms with Crippen molar-refractivity contribution < 1.29 is 4.79 Å². The van der Waals surface area contributed by atoms with E-state index in [0.717, 1.165) is 46.5 Å². The zero-order chi connectivity index (χ0) is 17.7. The normalized spacial score (nSPS) is 13.7. The van der Waals surface area contributed by atoms with Gasteiger partial charge in [-0.3, -0.25) is 9.48 Å². The van der Waals surface area contributed by atoms with Gasteiger partial charge in [-0.2, -0.15) is 5.10 Å². The molecule has 25 heavy (non-hydrogen) atoms. The van der Waals surface area contributed by atoms with Gasteiger partial charge in [0.25, 0.3) is 5.91 Å². The van der Waals surface area contributed by atoms with Gasteiger partial charge in [0.2, 0.25) is 0 Å². The summed E-state index contributed by atoms with van der Waals surface area (Å²) < 4.78 is 1.85. The standard InChI is InChI=1S/C19H21N5O/c1-4-8-24-10-14-16(19(24)25)17(20)13-7-5-6-12(18(13)21-14)15-9-11(2)22-23(15)3/h5-7,9H,4,8,10H2,1-3H3,(H2,20,21). The fourth-order valence-electron chi connectivity index (χ4n) is 3.65. The molecule has 1 aliphatic heterocycles. The molecule has 3 aromatic rings. The topological polar surface area (TPSA) is 77.0 Å². The first-order chi connectivity index (χ1) is 12.0. The number of nitrogen functional groups attached to an aromatic ring is 1. The van der Waals surface area contributed by atoms with Crippen LogP contribution in [0.3, 0.4) is 0 Å². The Kier molecular flexibility index (Phi) is 3.49. The number of aromatic nitrogens is 3. The Bertz CT molecular complexity index is 1000. The van der Waals surface area contributed by atoms with Crippen molar-refractivity contribution in [2.45, 2.75) is 26.8 Å². The number of hydrogen-bond donors (Lipinski definition) is 1. The summed E-state index contributed by atoms with van der Waals surface area (Å²) in [7, 11) is 1.92. The highest BCUT2D eigenvalue weighted by atomic mass is 16.2. The van der Waals surface area contributed by atoms with Crippen LogP contribution < -0.4 is 5.73 Å². The number of rotatable bonds is 3. The van der Waals surface area contributed by atoms with Crippen LogP contribution in [0.1, 0.15) is 35.1 Å². The highest BCUT2D eigenvalue weighted by Crippen LogP contribution is 2.36. The van der Waals surface area contributed by atoms with E-state index in [1.165, 1.54) is 0 Å². The lowest BCUT2D eigenvalue weighted by Gasteiger charge is -2.13. The number of carbonyl (C=O) groups excluding carboxylic acids is 1. The van der Waals surface area contributed by atoms with Gasteiger partial charge in [-0.25, -0.2) is 4.98 Å². The molecule has 6 heteroatoms. The van der Waals surface area contributed by atoms with Crippen LogP contribution in [-0.2, 0) is 13.6 Å². The quantitative estimate of drug-likeness (QED) is 0.798. The van der Waals surface area contributed by atoms with Gasteiger partial charge in [-0.05, 0) is 19.4 Å². The number of anilines is 1. The van der Waals surface area contributed by atoms with E-state index in [-0.39, 0.29) is 5.91 Å². The van der Waals surface area contributed by atoms with Crippen molar-refractivity contribution in [3.8, 4) is 11.3 Å². The molecule has 4 rings (SSSR count). The minimum atomic E-state index is -0.00877. The number of amides is 1. The highest BCUT2D eigenvalue weighted by Gasteiger charge is 2.31. The molecule has 1 aliphatic rings. The molecule has 0 spiro atoms. The minimum absolute atomic E-state index is 0.00877. The summed E-state index contributed by atoms with van der Waals surface area (Å²) in [4.78, 5) is 19.3. The van der Waals surface area contributed by atoms with Crippen LogP contribution in [0.15, 0.2) is 24.3 Å². The molecule has 0 bridgehead atoms. The number of benzene rings is 1. The Balaban J connectivity index is 1.96. The molecule has 2 aromatic heterocycles. The maximum absolute atomic E-state index is 12.7. The van der Waals surface area contributed by atoms with E-state index in [2.05, 4.69) is 12.0 Å². The molecular weight excluding hydrogens is 314 g/mol. The lowest BCUT2D eigenvalue weighted by Crippen LogP contribution is -2.24. The first-order valence-corrected chi connectivity index (χ1v) is 8.52. The SMILES string of the molecule is CCCN1Cc2nc3c(-c4cc(C)nn4C)cccc3c(N)c2C1=O. The Labute approximate surface area is 146 Å². The molecule has 0 saturated carbocycles. The first-order valence-electron chi connectivity index (χ1n) is 8.52. The fourth-order valence-corrected chi connectivity index (χ4v) is 3.65. The largest absolute Gasteiger partial charge is 0.397 e. The minimum Gasteiger partial charge on any atom is -0.397 e. The maximum atomic E-state index is 12.7. The van der Waals surface area contributed by atoms with Crippen LogP contribution in [0.4, 0.5) is 5.69 Å². The van der Waals surface area contributed by atoms with E-state index in [1.54, 1.807) is 0 Å². The van der Waals surface area contributed by atoms with E-state index in [4.69, 9.17) is 10.7 Å². The van der Waals surface area contributed by atoms with Gasteiger partial charge in [0, 0.05) is 24.5 Å². The van der Waals surface area contributed by atoms with Gasteiger partial charge in [0.15, 0.2) is 0 Å². The predicted molar refractivity (Wildman–Crippen MR) is 98.1 cm³/mol. The molecule has 0 fully saturated rings. The number of para-hydroxylation sites is 1. The average Bonchev–Trinajstić information content (AvgIpc) is 3.07. The van der Waals surface area contributed by atoms with Crippen molar-refractivity contribution >= 4 is 22.5 Å². The summed E-state index contributed by atoms with van der Waals surface area (Å²) in [5, 5.41) is 5.25. The Morgan fingerprint density at radius 2 is 2.12 bits per heavy atom. The van der Waals surface area contributed by atoms with E-state index in [9.17, 15) is 4.79 Å². The summed E-state index contributed by atoms with van der Waals surface area (Å²) >= 11 is 0. The summed E-state index contributed by atoms with van der Waals surface area (Å²) in [5.41, 5.74) is 12.0. The molecule has 3 heterocycles. The van der Waals surface area contributed by atoms with Crippen LogP contribution in [0, 0.1) is 6.92 Å². The van der Waals surface area contributed by atoms with Gasteiger partial charge >= 0.3 is 0 Å². The number of carbonyl (C=O) groups is 1. The lowest BCUT2D eigenvalue weighted by molar-refractivity contribution is 0.0779. The van der Waals surface area contributed by atoms with Gasteiger partial charge in [0.1, 0.15) is 0 Å². The number of pyridine rings is 1. The third kappa shape index (κ3) is 2.28. The fraction of sp³-hybridized carbons (Fsp3) is 0.316. The molecule has 2 N–H and O–H groups in total. The second kappa shape index (κ2) is 5.58. The number of aryl methyl sites for hydroxylation is 2. The van der Waals surface area contributed by atoms with Crippen LogP contribution in [0.25, 0.3) is 22.2 Å². The Morgan fingerprint density at radius 3 is 2.80 bits per heavy atom. The third-order valence-electron chi connectivity index (χ3n) is 4.74. The number of nitrogens with two attached hydrogens (primary N) is 1. The van der Waals surface area contributed by atoms with Crippen LogP contribution in [-0.4, -0.2) is 32.1 Å². The van der Waals surface area contributed by atoms with Crippen molar-refractivity contribution in [1.29, 1.82) is 0 Å². The zero-order valence-corrected chi connectivity index (χ0v) is 14.7. The summed E-state index contributed by atoms with van der Waals surface area (Å²) in [6, 6.07) is 7.95. The number of nitrogens with zero attached hydrogens (tertiary/aromatic N) is 4. The predicted octanol–water partition coefficient (Wildman–Crippen LogP) is 2.89. The molecule has 1 amide bonds. The van der Waals surface area contributed by atoms with Crippen molar-refractivity contribution in [2.75, 3.05) is 12.3 Å². The van der Waals surface area contributed by atoms with Gasteiger partial charge < -0.3 is 10.6 Å². The van der Waals surface area contributed by atoms with Crippen molar-refractivity contribution in [3.05, 3.63) is 41.2 Å². The maximum Gasteiger partial charge on any atom is 0.258 e. The Hall–Kier alpha value is -2.89. The molecule has 0 saturated heterocycles. The molecule has 1 aromatic carbocycles. The highest BCUT2D eigenvalue weighted by molar-refractivity contribution is 6.11. The molecule has 6 nitrogen and oxygen atoms in total. The van der Waals surface area contributed by atoms with E-state index in [1.807, 2.05) is 47.8 Å². The summed E-state index contributed by atoms with van der Waals surface area (Å²) in [6.07, 6.45) is 0.915. The van der Waals surface area contributed by atoms with Gasteiger partial charge in [-0.1, -0.05) is 25.1 Å². The third-order valence-corrected chi connectivity index (χ3v) is 4.74. The van der Waals surface area contributed by atoms with E-state index >= 15 is 0 Å². The lowest BCUT2D eigenvalue weighted by atomic mass is 10.0. The molecule has 0 aliphatic carbocycles. The van der Waals surface area contributed by atoms with E-state index < -0.39 is 0 Å². The number of fused-ring (bicyclic) bond motifs is 2. The van der Waals surface area contributed by atoms with Crippen LogP contribution >= 0.6 is 0 Å². The first kappa shape index (κ1) is 15.6. The monoisotopic (exact) mass is 335 g/mol. The van der Waals surface area contributed by atoms with Crippen molar-refractivity contribution in [3.63, 3.8) is 0 Å². The van der Waals surface area contributed by atoms with Gasteiger partial charge in [-0.15, -0.1) is 0 Å². The summed E-state index contributed by atoms with van der Waals surface area (Å²) in [5.74, 6) is -0.00877.